The molecule has 1 aromatic rings. The Morgan fingerprint density at radius 2 is 2.00 bits per heavy atom. The predicted molar refractivity (Wildman–Crippen MR) is 86.1 cm³/mol. The fourth-order valence-electron chi connectivity index (χ4n) is 2.31. The third-order valence-corrected chi connectivity index (χ3v) is 5.01. The highest BCUT2D eigenvalue weighted by Crippen LogP contribution is 2.27. The van der Waals surface area contributed by atoms with E-state index in [-0.39, 0.29) is 42.0 Å². The van der Waals surface area contributed by atoms with Crippen LogP contribution in [0, 0.1) is 11.7 Å². The molecule has 1 amide bonds. The molecule has 6 nitrogen and oxygen atoms in total. The molecule has 1 aliphatic rings. The SMILES string of the molecule is CS(=O)(=O)c1cc(Br)cc(C(=O)N2CCC(C(=O)O)C2)c1F.Cl. The summed E-state index contributed by atoms with van der Waals surface area (Å²) in [6, 6.07) is 2.28. The molecular formula is C13H14BrClFNO5S. The molecule has 1 N–H and O–H groups in total. The molecule has 0 bridgehead atoms. The van der Waals surface area contributed by atoms with E-state index < -0.39 is 38.3 Å². The maximum atomic E-state index is 14.3. The fraction of sp³-hybridized carbons (Fsp3) is 0.385. The first kappa shape index (κ1) is 19.9. The number of sulfone groups is 1. The number of carboxylic acids is 1. The lowest BCUT2D eigenvalue weighted by molar-refractivity contribution is -0.141. The van der Waals surface area contributed by atoms with Crippen molar-refractivity contribution in [2.45, 2.75) is 11.3 Å². The molecule has 128 valence electrons. The largest absolute Gasteiger partial charge is 0.481 e. The molecule has 1 atom stereocenters. The molecule has 23 heavy (non-hydrogen) atoms. The Kier molecular flexibility index (Phi) is 6.17. The summed E-state index contributed by atoms with van der Waals surface area (Å²) in [7, 11) is -3.83. The van der Waals surface area contributed by atoms with E-state index in [2.05, 4.69) is 15.9 Å². The minimum absolute atomic E-state index is 0. The molecule has 0 radical (unpaired) electrons. The molecule has 1 unspecified atom stereocenters. The first-order chi connectivity index (χ1) is 10.1. The second-order valence-electron chi connectivity index (χ2n) is 5.11. The lowest BCUT2D eigenvalue weighted by Gasteiger charge is -2.17. The standard InChI is InChI=1S/C13H13BrFNO5S.ClH/c1-22(20,21)10-5-8(14)4-9(11(10)15)12(17)16-3-2-7(6-16)13(18)19;/h4-5,7H,2-3,6H2,1H3,(H,18,19);1H. The van der Waals surface area contributed by atoms with Gasteiger partial charge in [0.25, 0.3) is 5.91 Å². The van der Waals surface area contributed by atoms with E-state index >= 15 is 0 Å². The molecule has 1 fully saturated rings. The highest BCUT2D eigenvalue weighted by molar-refractivity contribution is 9.10. The van der Waals surface area contributed by atoms with Crippen LogP contribution in [-0.4, -0.2) is 49.6 Å². The number of hydrogen-bond donors (Lipinski definition) is 1. The number of carboxylic acid groups (broad SMARTS) is 1. The van der Waals surface area contributed by atoms with Gasteiger partial charge >= 0.3 is 5.97 Å². The number of carbonyl (C=O) groups excluding carboxylic acids is 1. The van der Waals surface area contributed by atoms with Crippen LogP contribution in [0.5, 0.6) is 0 Å². The van der Waals surface area contributed by atoms with Crippen molar-refractivity contribution in [2.24, 2.45) is 5.92 Å². The van der Waals surface area contributed by atoms with Gasteiger partial charge in [-0.15, -0.1) is 12.4 Å². The van der Waals surface area contributed by atoms with Crippen molar-refractivity contribution in [3.63, 3.8) is 0 Å². The number of hydrogen-bond acceptors (Lipinski definition) is 4. The van der Waals surface area contributed by atoms with Crippen LogP contribution >= 0.6 is 28.3 Å². The van der Waals surface area contributed by atoms with Crippen molar-refractivity contribution in [3.8, 4) is 0 Å². The lowest BCUT2D eigenvalue weighted by Crippen LogP contribution is -2.31. The van der Waals surface area contributed by atoms with Crippen molar-refractivity contribution in [3.05, 3.63) is 28.0 Å². The summed E-state index contributed by atoms with van der Waals surface area (Å²) in [5, 5.41) is 8.93. The van der Waals surface area contributed by atoms with Crippen LogP contribution in [0.1, 0.15) is 16.8 Å². The van der Waals surface area contributed by atoms with E-state index in [4.69, 9.17) is 5.11 Å². The summed E-state index contributed by atoms with van der Waals surface area (Å²) in [5.74, 6) is -3.53. The number of rotatable bonds is 3. The summed E-state index contributed by atoms with van der Waals surface area (Å²) in [4.78, 5) is 23.9. The quantitative estimate of drug-likeness (QED) is 0.791. The Bertz CT molecular complexity index is 755. The van der Waals surface area contributed by atoms with Gasteiger partial charge in [-0.2, -0.15) is 0 Å². The summed E-state index contributed by atoms with van der Waals surface area (Å²) in [6.07, 6.45) is 1.14. The second kappa shape index (κ2) is 7.14. The molecule has 1 saturated heterocycles. The average molecular weight is 431 g/mol. The van der Waals surface area contributed by atoms with Crippen molar-refractivity contribution >= 4 is 50.1 Å². The van der Waals surface area contributed by atoms with E-state index in [1.54, 1.807) is 0 Å². The van der Waals surface area contributed by atoms with E-state index in [0.717, 1.165) is 12.3 Å². The number of carbonyl (C=O) groups is 2. The Morgan fingerprint density at radius 1 is 1.39 bits per heavy atom. The molecule has 1 aliphatic heterocycles. The average Bonchev–Trinajstić information content (AvgIpc) is 2.88. The highest BCUT2D eigenvalue weighted by atomic mass is 79.9. The zero-order valence-electron chi connectivity index (χ0n) is 12.0. The Labute approximate surface area is 147 Å². The first-order valence-electron chi connectivity index (χ1n) is 6.32. The van der Waals surface area contributed by atoms with Gasteiger partial charge in [-0.3, -0.25) is 9.59 Å². The molecule has 0 aromatic heterocycles. The van der Waals surface area contributed by atoms with E-state index in [1.807, 2.05) is 0 Å². The van der Waals surface area contributed by atoms with Crippen LogP contribution in [0.25, 0.3) is 0 Å². The fourth-order valence-corrected chi connectivity index (χ4v) is 3.69. The minimum atomic E-state index is -3.83. The van der Waals surface area contributed by atoms with Crippen LogP contribution in [0.2, 0.25) is 0 Å². The van der Waals surface area contributed by atoms with E-state index in [0.29, 0.717) is 0 Å². The van der Waals surface area contributed by atoms with Crippen molar-refractivity contribution in [1.29, 1.82) is 0 Å². The topological polar surface area (TPSA) is 91.8 Å². The number of aliphatic carboxylic acids is 1. The van der Waals surface area contributed by atoms with Gasteiger partial charge in [0, 0.05) is 23.8 Å². The third kappa shape index (κ3) is 4.21. The van der Waals surface area contributed by atoms with Crippen LogP contribution < -0.4 is 0 Å². The molecule has 1 aromatic carbocycles. The maximum absolute atomic E-state index is 14.3. The van der Waals surface area contributed by atoms with Crippen molar-refractivity contribution in [2.75, 3.05) is 19.3 Å². The van der Waals surface area contributed by atoms with E-state index in [1.165, 1.54) is 11.0 Å². The second-order valence-corrected chi connectivity index (χ2v) is 8.01. The molecule has 0 saturated carbocycles. The smallest absolute Gasteiger partial charge is 0.308 e. The highest BCUT2D eigenvalue weighted by Gasteiger charge is 2.33. The number of halogens is 3. The third-order valence-electron chi connectivity index (χ3n) is 3.46. The molecule has 0 spiro atoms. The molecule has 0 aliphatic carbocycles. The zero-order valence-corrected chi connectivity index (χ0v) is 15.2. The summed E-state index contributed by atoms with van der Waals surface area (Å²) < 4.78 is 37.8. The maximum Gasteiger partial charge on any atom is 0.308 e. The predicted octanol–water partition coefficient (Wildman–Crippen LogP) is 1.96. The van der Waals surface area contributed by atoms with Crippen LogP contribution in [-0.2, 0) is 14.6 Å². The van der Waals surface area contributed by atoms with Gasteiger partial charge in [-0.1, -0.05) is 15.9 Å². The molecule has 1 heterocycles. The monoisotopic (exact) mass is 429 g/mol. The first-order valence-corrected chi connectivity index (χ1v) is 9.01. The minimum Gasteiger partial charge on any atom is -0.481 e. The van der Waals surface area contributed by atoms with Gasteiger partial charge in [-0.25, -0.2) is 12.8 Å². The van der Waals surface area contributed by atoms with Gasteiger partial charge in [0.15, 0.2) is 15.7 Å². The summed E-state index contributed by atoms with van der Waals surface area (Å²) in [6.45, 7) is 0.171. The molecule has 10 heteroatoms. The Balaban J connectivity index is 0.00000264. The van der Waals surface area contributed by atoms with Crippen LogP contribution in [0.4, 0.5) is 4.39 Å². The number of benzene rings is 1. The normalized spacial score (nSPS) is 17.7. The van der Waals surface area contributed by atoms with Gasteiger partial charge in [0.05, 0.1) is 11.5 Å². The van der Waals surface area contributed by atoms with Gasteiger partial charge in [0.2, 0.25) is 0 Å². The Morgan fingerprint density at radius 3 is 2.48 bits per heavy atom. The van der Waals surface area contributed by atoms with Crippen molar-refractivity contribution in [1.82, 2.24) is 4.90 Å². The van der Waals surface area contributed by atoms with Crippen LogP contribution in [0.15, 0.2) is 21.5 Å². The number of likely N-dealkylation sites (tertiary alicyclic amines) is 1. The van der Waals surface area contributed by atoms with Gasteiger partial charge in [-0.05, 0) is 18.6 Å². The van der Waals surface area contributed by atoms with Crippen molar-refractivity contribution < 1.29 is 27.5 Å². The zero-order chi connectivity index (χ0) is 16.7. The molecule has 2 rings (SSSR count). The number of amides is 1. The van der Waals surface area contributed by atoms with E-state index in [9.17, 15) is 22.4 Å². The van der Waals surface area contributed by atoms with Gasteiger partial charge in [0.1, 0.15) is 4.90 Å². The lowest BCUT2D eigenvalue weighted by atomic mass is 10.1. The molecular weight excluding hydrogens is 417 g/mol. The summed E-state index contributed by atoms with van der Waals surface area (Å²) in [5.41, 5.74) is -0.388. The Hall–Kier alpha value is -1.19. The summed E-state index contributed by atoms with van der Waals surface area (Å²) >= 11 is 3.06. The van der Waals surface area contributed by atoms with Crippen LogP contribution in [0.3, 0.4) is 0 Å². The number of nitrogens with zero attached hydrogens (tertiary/aromatic N) is 1. The van der Waals surface area contributed by atoms with Gasteiger partial charge < -0.3 is 10.0 Å².